The van der Waals surface area contributed by atoms with E-state index < -0.39 is 10.5 Å². The monoisotopic (exact) mass is 336 g/mol. The fourth-order valence-electron chi connectivity index (χ4n) is 2.10. The van der Waals surface area contributed by atoms with Gasteiger partial charge in [-0.25, -0.2) is 0 Å². The number of hydrogen-bond acceptors (Lipinski definition) is 4. The Hall–Kier alpha value is -1.75. The maximum absolute atomic E-state index is 12.5. The third kappa shape index (κ3) is 2.46. The van der Waals surface area contributed by atoms with Crippen molar-refractivity contribution < 1.29 is 9.59 Å². The quantitative estimate of drug-likeness (QED) is 0.521. The first-order valence-corrected chi connectivity index (χ1v) is 7.45. The molecule has 2 aromatic carbocycles. The van der Waals surface area contributed by atoms with Crippen molar-refractivity contribution in [2.45, 2.75) is 0 Å². The lowest BCUT2D eigenvalue weighted by Gasteiger charge is -2.03. The molecule has 0 saturated carbocycles. The van der Waals surface area contributed by atoms with Crippen LogP contribution in [-0.4, -0.2) is 10.5 Å². The molecule has 1 aromatic heterocycles. The number of carbonyl (C=O) groups is 2. The lowest BCUT2D eigenvalue weighted by atomic mass is 10.1. The summed E-state index contributed by atoms with van der Waals surface area (Å²) in [6.07, 6.45) is 0. The predicted molar refractivity (Wildman–Crippen MR) is 86.0 cm³/mol. The van der Waals surface area contributed by atoms with Crippen LogP contribution in [0.2, 0.25) is 0 Å². The van der Waals surface area contributed by atoms with Crippen LogP contribution in [0.15, 0.2) is 41.2 Å². The Bertz CT molecular complexity index is 901. The topological polar surface area (TPSA) is 51.2 Å². The Balaban J connectivity index is 2.42. The first-order valence-electron chi connectivity index (χ1n) is 5.87. The third-order valence-electron chi connectivity index (χ3n) is 3.12. The molecule has 0 aliphatic heterocycles. The second-order valence-electron chi connectivity index (χ2n) is 4.40. The molecule has 0 saturated heterocycles. The molecule has 0 unspecified atom stereocenters. The Morgan fingerprint density at radius 3 is 1.62 bits per heavy atom. The van der Waals surface area contributed by atoms with E-state index in [9.17, 15) is 14.4 Å². The van der Waals surface area contributed by atoms with Gasteiger partial charge in [-0.05, 0) is 59.6 Å². The molecule has 0 aliphatic carbocycles. The largest absolute Gasteiger partial charge is 0.289 e. The van der Waals surface area contributed by atoms with Gasteiger partial charge in [0.2, 0.25) is 0 Å². The number of benzene rings is 2. The zero-order valence-corrected chi connectivity index (χ0v) is 12.7. The summed E-state index contributed by atoms with van der Waals surface area (Å²) in [5, 5.41) is -0.437. The molecular formula is C15H6Cl2O3S. The highest BCUT2D eigenvalue weighted by Gasteiger charge is 2.11. The third-order valence-corrected chi connectivity index (χ3v) is 4.71. The van der Waals surface area contributed by atoms with Crippen LogP contribution in [0.4, 0.5) is 0 Å². The first-order chi connectivity index (χ1) is 9.97. The number of fused-ring (bicyclic) bond motifs is 2. The number of rotatable bonds is 2. The molecule has 3 aromatic rings. The highest BCUT2D eigenvalue weighted by molar-refractivity contribution is 7.24. The van der Waals surface area contributed by atoms with Gasteiger partial charge in [-0.1, -0.05) is 0 Å². The maximum Gasteiger partial charge on any atom is 0.252 e. The van der Waals surface area contributed by atoms with Crippen molar-refractivity contribution in [1.29, 1.82) is 0 Å². The van der Waals surface area contributed by atoms with E-state index in [4.69, 9.17) is 23.2 Å². The summed E-state index contributed by atoms with van der Waals surface area (Å²) >= 11 is 12.3. The summed E-state index contributed by atoms with van der Waals surface area (Å²) in [5.74, 6) is 0. The van der Waals surface area contributed by atoms with Crippen molar-refractivity contribution in [2.24, 2.45) is 0 Å². The van der Waals surface area contributed by atoms with Crippen LogP contribution < -0.4 is 5.43 Å². The molecule has 0 atom stereocenters. The van der Waals surface area contributed by atoms with Crippen LogP contribution in [0, 0.1) is 0 Å². The van der Waals surface area contributed by atoms with E-state index in [0.29, 0.717) is 10.8 Å². The number of hydrogen-bond donors (Lipinski definition) is 0. The molecule has 0 fully saturated rings. The molecule has 0 amide bonds. The Morgan fingerprint density at radius 2 is 1.24 bits per heavy atom. The van der Waals surface area contributed by atoms with Crippen LogP contribution in [0.3, 0.4) is 0 Å². The second kappa shape index (κ2) is 5.22. The Labute approximate surface area is 132 Å². The highest BCUT2D eigenvalue weighted by Crippen LogP contribution is 2.26. The van der Waals surface area contributed by atoms with E-state index in [1.54, 1.807) is 24.3 Å². The van der Waals surface area contributed by atoms with E-state index in [1.165, 1.54) is 23.5 Å². The molecule has 0 N–H and O–H groups in total. The molecule has 0 bridgehead atoms. The summed E-state index contributed by atoms with van der Waals surface area (Å²) in [7, 11) is 0. The Kier molecular flexibility index (Phi) is 3.53. The SMILES string of the molecule is O=C(Cl)c1ccc2sc3ccc(C(=O)Cl)cc3c(=O)c2c1. The first kappa shape index (κ1) is 14.2. The summed E-state index contributed by atoms with van der Waals surface area (Å²) in [6, 6.07) is 9.48. The average molecular weight is 337 g/mol. The van der Waals surface area contributed by atoms with Crippen LogP contribution in [-0.2, 0) is 0 Å². The van der Waals surface area contributed by atoms with Gasteiger partial charge in [0.1, 0.15) is 0 Å². The molecular weight excluding hydrogens is 331 g/mol. The van der Waals surface area contributed by atoms with Crippen LogP contribution in [0.1, 0.15) is 20.7 Å². The van der Waals surface area contributed by atoms with Crippen molar-refractivity contribution >= 4 is 65.2 Å². The zero-order chi connectivity index (χ0) is 15.1. The van der Waals surface area contributed by atoms with Crippen molar-refractivity contribution in [1.82, 2.24) is 0 Å². The lowest BCUT2D eigenvalue weighted by Crippen LogP contribution is -2.03. The van der Waals surface area contributed by atoms with Crippen molar-refractivity contribution in [2.75, 3.05) is 0 Å². The summed E-state index contributed by atoms with van der Waals surface area (Å²) < 4.78 is 1.50. The van der Waals surface area contributed by atoms with Crippen LogP contribution in [0.25, 0.3) is 20.2 Å². The van der Waals surface area contributed by atoms with Gasteiger partial charge in [-0.3, -0.25) is 14.4 Å². The van der Waals surface area contributed by atoms with Gasteiger partial charge >= 0.3 is 0 Å². The molecule has 3 rings (SSSR count). The molecule has 104 valence electrons. The Morgan fingerprint density at radius 1 is 0.810 bits per heavy atom. The van der Waals surface area contributed by atoms with Gasteiger partial charge in [0.05, 0.1) is 0 Å². The van der Waals surface area contributed by atoms with E-state index in [-0.39, 0.29) is 16.6 Å². The minimum Gasteiger partial charge on any atom is -0.289 e. The number of carbonyl (C=O) groups excluding carboxylic acids is 2. The lowest BCUT2D eigenvalue weighted by molar-refractivity contribution is 0.107. The van der Waals surface area contributed by atoms with E-state index in [0.717, 1.165) is 9.40 Å². The summed E-state index contributed by atoms with van der Waals surface area (Å²) in [6.45, 7) is 0. The van der Waals surface area contributed by atoms with E-state index in [1.807, 2.05) is 0 Å². The molecule has 3 nitrogen and oxygen atoms in total. The number of halogens is 2. The summed E-state index contributed by atoms with van der Waals surface area (Å²) in [4.78, 5) is 35.0. The summed E-state index contributed by atoms with van der Waals surface area (Å²) in [5.41, 5.74) is 0.271. The molecule has 1 heterocycles. The van der Waals surface area contributed by atoms with Crippen LogP contribution in [0.5, 0.6) is 0 Å². The molecule has 0 spiro atoms. The zero-order valence-electron chi connectivity index (χ0n) is 10.4. The van der Waals surface area contributed by atoms with Gasteiger partial charge in [0.25, 0.3) is 10.5 Å². The van der Waals surface area contributed by atoms with Crippen LogP contribution >= 0.6 is 34.5 Å². The molecule has 21 heavy (non-hydrogen) atoms. The standard InChI is InChI=1S/C15H6Cl2O3S/c16-14(19)7-1-3-11-9(5-7)13(18)10-6-8(15(17)20)2-4-12(10)21-11/h1-6H. The van der Waals surface area contributed by atoms with Crippen molar-refractivity contribution in [3.05, 3.63) is 57.7 Å². The highest BCUT2D eigenvalue weighted by atomic mass is 35.5. The van der Waals surface area contributed by atoms with Gasteiger partial charge in [-0.15, -0.1) is 11.3 Å². The van der Waals surface area contributed by atoms with Gasteiger partial charge in [0, 0.05) is 31.3 Å². The van der Waals surface area contributed by atoms with Gasteiger partial charge in [0.15, 0.2) is 5.43 Å². The maximum atomic E-state index is 12.5. The molecule has 0 radical (unpaired) electrons. The van der Waals surface area contributed by atoms with Gasteiger partial charge in [-0.2, -0.15) is 0 Å². The van der Waals surface area contributed by atoms with Crippen molar-refractivity contribution in [3.8, 4) is 0 Å². The normalized spacial score (nSPS) is 11.0. The fraction of sp³-hybridized carbons (Fsp3) is 0. The second-order valence-corrected chi connectivity index (χ2v) is 6.17. The molecule has 6 heteroatoms. The average Bonchev–Trinajstić information content (AvgIpc) is 2.46. The van der Waals surface area contributed by atoms with Crippen molar-refractivity contribution in [3.63, 3.8) is 0 Å². The minimum atomic E-state index is -0.619. The van der Waals surface area contributed by atoms with Gasteiger partial charge < -0.3 is 0 Å². The molecule has 0 aliphatic rings. The van der Waals surface area contributed by atoms with E-state index >= 15 is 0 Å². The predicted octanol–water partition coefficient (Wildman–Crippen LogP) is 4.17. The smallest absolute Gasteiger partial charge is 0.252 e. The minimum absolute atomic E-state index is 0.252. The fourth-order valence-corrected chi connectivity index (χ4v) is 3.37. The van der Waals surface area contributed by atoms with E-state index in [2.05, 4.69) is 0 Å².